The Kier molecular flexibility index (Phi) is 7.32. The lowest BCUT2D eigenvalue weighted by Crippen LogP contribution is -2.36. The van der Waals surface area contributed by atoms with E-state index < -0.39 is 0 Å². The summed E-state index contributed by atoms with van der Waals surface area (Å²) in [6.07, 6.45) is 3.82. The first kappa shape index (κ1) is 21.5. The number of nitrogens with zero attached hydrogens (tertiary/aromatic N) is 3. The molecule has 0 spiro atoms. The fraction of sp³-hybridized carbons (Fsp3) is 0.435. The maximum atomic E-state index is 13.0. The van der Waals surface area contributed by atoms with Crippen molar-refractivity contribution in [2.24, 2.45) is 0 Å². The van der Waals surface area contributed by atoms with Crippen LogP contribution in [0.1, 0.15) is 37.1 Å². The van der Waals surface area contributed by atoms with Gasteiger partial charge < -0.3 is 18.9 Å². The van der Waals surface area contributed by atoms with Gasteiger partial charge in [-0.05, 0) is 48.4 Å². The lowest BCUT2D eigenvalue weighted by Gasteiger charge is -2.26. The Morgan fingerprint density at radius 2 is 2.26 bits per heavy atom. The van der Waals surface area contributed by atoms with Gasteiger partial charge in [0.25, 0.3) is 0 Å². The number of carbonyl (C=O) groups is 1. The van der Waals surface area contributed by atoms with E-state index in [2.05, 4.69) is 10.1 Å². The van der Waals surface area contributed by atoms with Crippen LogP contribution < -0.4 is 4.74 Å². The summed E-state index contributed by atoms with van der Waals surface area (Å²) in [6, 6.07) is 11.8. The summed E-state index contributed by atoms with van der Waals surface area (Å²) in [5, 5.41) is 6.01. The van der Waals surface area contributed by atoms with Crippen LogP contribution in [0.5, 0.6) is 5.75 Å². The highest BCUT2D eigenvalue weighted by Gasteiger charge is 2.23. The SMILES string of the molecule is COc1cccc(CN(CC2CCCO2)C(=O)CCCc2nc(-c3cccs3)no2)c1. The minimum Gasteiger partial charge on any atom is -0.497 e. The molecule has 1 aromatic carbocycles. The second-order valence-electron chi connectivity index (χ2n) is 7.60. The van der Waals surface area contributed by atoms with Crippen molar-refractivity contribution in [3.63, 3.8) is 0 Å². The smallest absolute Gasteiger partial charge is 0.226 e. The van der Waals surface area contributed by atoms with Crippen molar-refractivity contribution in [2.45, 2.75) is 44.8 Å². The standard InChI is InChI=1S/C23H27N3O4S/c1-28-18-7-2-6-17(14-18)15-26(16-19-8-4-12-29-19)22(27)11-3-10-21-24-23(25-30-21)20-9-5-13-31-20/h2,5-7,9,13-14,19H,3-4,8,10-12,15-16H2,1H3. The molecular formula is C23H27N3O4S. The van der Waals surface area contributed by atoms with Gasteiger partial charge in [0.15, 0.2) is 0 Å². The van der Waals surface area contributed by atoms with Gasteiger partial charge in [0, 0.05) is 32.5 Å². The first-order valence-electron chi connectivity index (χ1n) is 10.6. The average molecular weight is 442 g/mol. The van der Waals surface area contributed by atoms with Gasteiger partial charge in [-0.25, -0.2) is 0 Å². The number of carbonyl (C=O) groups excluding carboxylic acids is 1. The number of hydrogen-bond acceptors (Lipinski definition) is 7. The van der Waals surface area contributed by atoms with Crippen LogP contribution in [0.25, 0.3) is 10.7 Å². The molecule has 1 amide bonds. The van der Waals surface area contributed by atoms with Crippen molar-refractivity contribution in [2.75, 3.05) is 20.3 Å². The van der Waals surface area contributed by atoms with Gasteiger partial charge in [0.2, 0.25) is 17.6 Å². The highest BCUT2D eigenvalue weighted by molar-refractivity contribution is 7.13. The van der Waals surface area contributed by atoms with Crippen LogP contribution in [0.15, 0.2) is 46.3 Å². The van der Waals surface area contributed by atoms with Gasteiger partial charge in [-0.15, -0.1) is 11.3 Å². The number of benzene rings is 1. The second-order valence-corrected chi connectivity index (χ2v) is 8.55. The van der Waals surface area contributed by atoms with E-state index in [1.54, 1.807) is 18.4 Å². The summed E-state index contributed by atoms with van der Waals surface area (Å²) in [5.41, 5.74) is 1.04. The molecule has 0 saturated carbocycles. The third-order valence-corrected chi connectivity index (χ3v) is 6.17. The van der Waals surface area contributed by atoms with Crippen molar-refractivity contribution in [1.82, 2.24) is 15.0 Å². The summed E-state index contributed by atoms with van der Waals surface area (Å²) in [5.74, 6) is 2.07. The molecular weight excluding hydrogens is 414 g/mol. The average Bonchev–Trinajstić information content (AvgIpc) is 3.55. The van der Waals surface area contributed by atoms with Crippen LogP contribution in [0.2, 0.25) is 0 Å². The zero-order chi connectivity index (χ0) is 21.5. The monoisotopic (exact) mass is 441 g/mol. The molecule has 1 aliphatic rings. The summed E-state index contributed by atoms with van der Waals surface area (Å²) in [7, 11) is 1.65. The highest BCUT2D eigenvalue weighted by atomic mass is 32.1. The number of hydrogen-bond donors (Lipinski definition) is 0. The van der Waals surface area contributed by atoms with Crippen molar-refractivity contribution in [3.8, 4) is 16.5 Å². The van der Waals surface area contributed by atoms with Crippen molar-refractivity contribution in [3.05, 3.63) is 53.2 Å². The van der Waals surface area contributed by atoms with Crippen LogP contribution in [0, 0.1) is 0 Å². The third-order valence-electron chi connectivity index (χ3n) is 5.30. The molecule has 3 heterocycles. The zero-order valence-electron chi connectivity index (χ0n) is 17.7. The van der Waals surface area contributed by atoms with Crippen molar-refractivity contribution < 1.29 is 18.8 Å². The van der Waals surface area contributed by atoms with E-state index in [-0.39, 0.29) is 12.0 Å². The molecule has 0 bridgehead atoms. The van der Waals surface area contributed by atoms with E-state index in [0.29, 0.717) is 44.1 Å². The van der Waals surface area contributed by atoms with Crippen LogP contribution in [-0.2, 0) is 22.5 Å². The summed E-state index contributed by atoms with van der Waals surface area (Å²) < 4.78 is 16.4. The maximum absolute atomic E-state index is 13.0. The highest BCUT2D eigenvalue weighted by Crippen LogP contribution is 2.22. The van der Waals surface area contributed by atoms with Crippen LogP contribution in [-0.4, -0.2) is 47.3 Å². The molecule has 0 N–H and O–H groups in total. The number of ether oxygens (including phenoxy) is 2. The molecule has 0 radical (unpaired) electrons. The van der Waals surface area contributed by atoms with E-state index in [0.717, 1.165) is 35.6 Å². The number of amides is 1. The Hall–Kier alpha value is -2.71. The van der Waals surface area contributed by atoms with Crippen LogP contribution in [0.4, 0.5) is 0 Å². The fourth-order valence-corrected chi connectivity index (χ4v) is 4.34. The Morgan fingerprint density at radius 1 is 1.32 bits per heavy atom. The normalized spacial score (nSPS) is 15.8. The van der Waals surface area contributed by atoms with E-state index in [9.17, 15) is 4.79 Å². The second kappa shape index (κ2) is 10.5. The Bertz CT molecular complexity index is 967. The molecule has 3 aromatic rings. The molecule has 7 nitrogen and oxygen atoms in total. The molecule has 1 atom stereocenters. The zero-order valence-corrected chi connectivity index (χ0v) is 18.5. The first-order chi connectivity index (χ1) is 15.2. The van der Waals surface area contributed by atoms with Gasteiger partial charge in [0.05, 0.1) is 18.1 Å². The van der Waals surface area contributed by atoms with Gasteiger partial charge in [-0.2, -0.15) is 4.98 Å². The minimum atomic E-state index is 0.108. The molecule has 8 heteroatoms. The molecule has 31 heavy (non-hydrogen) atoms. The molecule has 164 valence electrons. The van der Waals surface area contributed by atoms with Gasteiger partial charge in [-0.3, -0.25) is 4.79 Å². The Labute approximate surface area is 186 Å². The molecule has 4 rings (SSSR count). The summed E-state index contributed by atoms with van der Waals surface area (Å²) in [6.45, 7) is 1.92. The molecule has 0 aliphatic carbocycles. The topological polar surface area (TPSA) is 77.7 Å². The number of methoxy groups -OCH3 is 1. The van der Waals surface area contributed by atoms with Gasteiger partial charge in [0.1, 0.15) is 5.75 Å². The maximum Gasteiger partial charge on any atom is 0.226 e. The minimum absolute atomic E-state index is 0.108. The summed E-state index contributed by atoms with van der Waals surface area (Å²) in [4.78, 5) is 20.4. The van der Waals surface area contributed by atoms with E-state index in [4.69, 9.17) is 14.0 Å². The number of rotatable bonds is 10. The molecule has 2 aromatic heterocycles. The van der Waals surface area contributed by atoms with Gasteiger partial charge >= 0.3 is 0 Å². The lowest BCUT2D eigenvalue weighted by atomic mass is 10.1. The predicted octanol–water partition coefficient (Wildman–Crippen LogP) is 4.34. The first-order valence-corrected chi connectivity index (χ1v) is 11.5. The van der Waals surface area contributed by atoms with Crippen LogP contribution >= 0.6 is 11.3 Å². The Balaban J connectivity index is 1.34. The summed E-state index contributed by atoms with van der Waals surface area (Å²) >= 11 is 1.57. The number of aromatic nitrogens is 2. The predicted molar refractivity (Wildman–Crippen MR) is 118 cm³/mol. The molecule has 1 fully saturated rings. The van der Waals surface area contributed by atoms with Crippen LogP contribution in [0.3, 0.4) is 0 Å². The van der Waals surface area contributed by atoms with E-state index >= 15 is 0 Å². The number of aryl methyl sites for hydroxylation is 1. The van der Waals surface area contributed by atoms with Gasteiger partial charge in [-0.1, -0.05) is 23.4 Å². The molecule has 1 saturated heterocycles. The largest absolute Gasteiger partial charge is 0.497 e. The van der Waals surface area contributed by atoms with E-state index in [1.807, 2.05) is 46.7 Å². The third kappa shape index (κ3) is 5.92. The van der Waals surface area contributed by atoms with Crippen molar-refractivity contribution >= 4 is 17.2 Å². The fourth-order valence-electron chi connectivity index (χ4n) is 3.69. The molecule has 1 aliphatic heterocycles. The Morgan fingerprint density at radius 3 is 3.03 bits per heavy atom. The lowest BCUT2D eigenvalue weighted by molar-refractivity contribution is -0.133. The quantitative estimate of drug-likeness (QED) is 0.466. The number of thiophene rings is 1. The van der Waals surface area contributed by atoms with Crippen molar-refractivity contribution in [1.29, 1.82) is 0 Å². The molecule has 1 unspecified atom stereocenters. The van der Waals surface area contributed by atoms with E-state index in [1.165, 1.54) is 0 Å².